The quantitative estimate of drug-likeness (QED) is 0.275. The van der Waals surface area contributed by atoms with Gasteiger partial charge >= 0.3 is 0 Å². The third-order valence-electron chi connectivity index (χ3n) is 4.58. The van der Waals surface area contributed by atoms with Crippen molar-refractivity contribution in [3.63, 3.8) is 0 Å². The van der Waals surface area contributed by atoms with Crippen molar-refractivity contribution in [3.05, 3.63) is 0 Å². The number of quaternary nitrogens is 1. The predicted molar refractivity (Wildman–Crippen MR) is 117 cm³/mol. The molecule has 1 heterocycles. The summed E-state index contributed by atoms with van der Waals surface area (Å²) in [6.45, 7) is 3.04. The van der Waals surface area contributed by atoms with Crippen LogP contribution in [0.3, 0.4) is 0 Å². The molecule has 0 amide bonds. The van der Waals surface area contributed by atoms with Crippen molar-refractivity contribution in [3.8, 4) is 0 Å². The van der Waals surface area contributed by atoms with E-state index >= 15 is 0 Å². The van der Waals surface area contributed by atoms with Gasteiger partial charge in [0.05, 0.1) is 33.9 Å². The molecule has 1 N–H and O–H groups in total. The number of rotatable bonds is 15. The molecule has 158 valence electrons. The number of halogens is 1. The minimum Gasteiger partial charge on any atom is -0.352 e. The van der Waals surface area contributed by atoms with Crippen molar-refractivity contribution in [1.29, 1.82) is 0 Å². The van der Waals surface area contributed by atoms with Crippen LogP contribution in [-0.4, -0.2) is 45.5 Å². The molecule has 0 aromatic heterocycles. The van der Waals surface area contributed by atoms with E-state index in [0.29, 0.717) is 6.10 Å². The van der Waals surface area contributed by atoms with Crippen molar-refractivity contribution in [2.75, 3.05) is 33.1 Å². The van der Waals surface area contributed by atoms with Gasteiger partial charge in [0.25, 0.3) is 0 Å². The molecule has 1 fully saturated rings. The second-order valence-corrected chi connectivity index (χ2v) is 8.94. The Hall–Kier alpha value is 0.360. The van der Waals surface area contributed by atoms with Gasteiger partial charge in [0, 0.05) is 11.8 Å². The molecule has 0 aromatic carbocycles. The molecule has 4 heteroatoms. The normalized spacial score (nSPS) is 19.6. The van der Waals surface area contributed by atoms with Crippen LogP contribution in [0.5, 0.6) is 0 Å². The first-order chi connectivity index (χ1) is 12.6. The molecule has 26 heavy (non-hydrogen) atoms. The van der Waals surface area contributed by atoms with E-state index in [-0.39, 0.29) is 6.29 Å². The van der Waals surface area contributed by atoms with E-state index in [1.54, 1.807) is 0 Å². The van der Waals surface area contributed by atoms with Gasteiger partial charge in [-0.2, -0.15) is 0 Å². The average Bonchev–Trinajstić information content (AvgIpc) is 3.05. The number of ether oxygens (including phenoxy) is 2. The molecule has 2 atom stereocenters. The second kappa shape index (κ2) is 20.1. The molecule has 1 aliphatic heterocycles. The summed E-state index contributed by atoms with van der Waals surface area (Å²) in [5.74, 6) is 0. The molecule has 0 saturated carbocycles. The molecule has 1 saturated heterocycles. The van der Waals surface area contributed by atoms with Gasteiger partial charge in [-0.1, -0.05) is 93.5 Å². The van der Waals surface area contributed by atoms with Crippen molar-refractivity contribution < 1.29 is 14.4 Å². The lowest BCUT2D eigenvalue weighted by Gasteiger charge is -2.13. The number of unbranched alkanes of at least 4 members (excludes halogenated alkanes) is 10. The Morgan fingerprint density at radius 1 is 0.846 bits per heavy atom. The monoisotopic (exact) mass is 436 g/mol. The second-order valence-electron chi connectivity index (χ2n) is 8.15. The summed E-state index contributed by atoms with van der Waals surface area (Å²) in [6, 6.07) is 0. The van der Waals surface area contributed by atoms with E-state index in [1.165, 1.54) is 88.4 Å². The molecule has 0 spiro atoms. The lowest BCUT2D eigenvalue weighted by atomic mass is 10.0. The Morgan fingerprint density at radius 2 is 1.35 bits per heavy atom. The van der Waals surface area contributed by atoms with Crippen LogP contribution in [0.1, 0.15) is 96.8 Å². The highest BCUT2D eigenvalue weighted by molar-refractivity contribution is 9.09. The van der Waals surface area contributed by atoms with Gasteiger partial charge < -0.3 is 14.4 Å². The number of hydrogen-bond acceptors (Lipinski definition) is 2. The molecule has 2 unspecified atom stereocenters. The first-order valence-electron chi connectivity index (χ1n) is 11.2. The summed E-state index contributed by atoms with van der Waals surface area (Å²) < 4.78 is 11.5. The first-order valence-corrected chi connectivity index (χ1v) is 12.3. The average molecular weight is 438 g/mol. The van der Waals surface area contributed by atoms with Gasteiger partial charge in [0.15, 0.2) is 6.29 Å². The first kappa shape index (κ1) is 26.4. The third kappa shape index (κ3) is 19.1. The van der Waals surface area contributed by atoms with Crippen LogP contribution in [0.25, 0.3) is 0 Å². The van der Waals surface area contributed by atoms with Crippen molar-refractivity contribution in [1.82, 2.24) is 0 Å². The van der Waals surface area contributed by atoms with Gasteiger partial charge in [0.2, 0.25) is 0 Å². The maximum absolute atomic E-state index is 5.91. The highest BCUT2D eigenvalue weighted by Gasteiger charge is 2.24. The van der Waals surface area contributed by atoms with E-state index in [4.69, 9.17) is 9.47 Å². The number of hydrogen-bond donors (Lipinski definition) is 1. The summed E-state index contributed by atoms with van der Waals surface area (Å²) >= 11 is 3.38. The third-order valence-corrected chi connectivity index (χ3v) is 4.90. The Bertz CT molecular complexity index is 274. The molecular weight excluding hydrogens is 390 g/mol. The van der Waals surface area contributed by atoms with Crippen LogP contribution in [0.4, 0.5) is 0 Å². The standard InChI is InChI=1S/C19H37BrO2.C3H9N/c1-2-3-4-5-6-7-8-9-10-11-12-13-18-14-15-19(22-18)21-17-16-20;1-4(2)3/h18-19H,2-17H2,1H3;1-3H3/p+1. The fourth-order valence-electron chi connectivity index (χ4n) is 3.22. The molecule has 3 nitrogen and oxygen atoms in total. The Labute approximate surface area is 172 Å². The molecule has 1 rings (SSSR count). The minimum atomic E-state index is 0.0651. The fourth-order valence-corrected chi connectivity index (χ4v) is 3.41. The Balaban J connectivity index is 0.00000141. The van der Waals surface area contributed by atoms with Crippen LogP contribution < -0.4 is 4.90 Å². The molecule has 0 bridgehead atoms. The zero-order valence-electron chi connectivity index (χ0n) is 18.2. The summed E-state index contributed by atoms with van der Waals surface area (Å²) in [5, 5.41) is 0.899. The van der Waals surface area contributed by atoms with Gasteiger partial charge in [0.1, 0.15) is 0 Å². The number of alkyl halides is 1. The summed E-state index contributed by atoms with van der Waals surface area (Å²) in [6.07, 6.45) is 19.6. The summed E-state index contributed by atoms with van der Waals surface area (Å²) in [7, 11) is 6.25. The van der Waals surface area contributed by atoms with Crippen molar-refractivity contribution >= 4 is 15.9 Å². The molecule has 0 aromatic rings. The zero-order chi connectivity index (χ0) is 19.5. The SMILES string of the molecule is CCCCCCCCCCCCCC1CCC(OCCBr)O1.C[NH+](C)C. The zero-order valence-corrected chi connectivity index (χ0v) is 19.7. The fraction of sp³-hybridized carbons (Fsp3) is 1.00. The van der Waals surface area contributed by atoms with E-state index in [9.17, 15) is 0 Å². The molecular formula is C22H47BrNO2+. The number of nitrogens with one attached hydrogen (secondary N) is 1. The summed E-state index contributed by atoms with van der Waals surface area (Å²) in [5.41, 5.74) is 0. The molecule has 0 aliphatic carbocycles. The molecule has 0 radical (unpaired) electrons. The van der Waals surface area contributed by atoms with Crippen LogP contribution >= 0.6 is 15.9 Å². The maximum atomic E-state index is 5.91. The van der Waals surface area contributed by atoms with Gasteiger partial charge in [-0.05, 0) is 12.8 Å². The van der Waals surface area contributed by atoms with Gasteiger partial charge in [-0.15, -0.1) is 0 Å². The van der Waals surface area contributed by atoms with Crippen LogP contribution in [0, 0.1) is 0 Å². The largest absolute Gasteiger partial charge is 0.352 e. The van der Waals surface area contributed by atoms with Crippen molar-refractivity contribution in [2.24, 2.45) is 0 Å². The Kier molecular flexibility index (Phi) is 20.4. The van der Waals surface area contributed by atoms with E-state index in [2.05, 4.69) is 44.0 Å². The minimum absolute atomic E-state index is 0.0651. The lowest BCUT2D eigenvalue weighted by Crippen LogP contribution is -3.02. The maximum Gasteiger partial charge on any atom is 0.158 e. The van der Waals surface area contributed by atoms with Crippen molar-refractivity contribution in [2.45, 2.75) is 109 Å². The van der Waals surface area contributed by atoms with E-state index in [1.807, 2.05) is 0 Å². The summed E-state index contributed by atoms with van der Waals surface area (Å²) in [4.78, 5) is 1.42. The highest BCUT2D eigenvalue weighted by Crippen LogP contribution is 2.25. The van der Waals surface area contributed by atoms with Crippen LogP contribution in [0.15, 0.2) is 0 Å². The molecule has 1 aliphatic rings. The topological polar surface area (TPSA) is 22.9 Å². The van der Waals surface area contributed by atoms with Gasteiger partial charge in [-0.25, -0.2) is 0 Å². The van der Waals surface area contributed by atoms with Crippen LogP contribution in [-0.2, 0) is 9.47 Å². The smallest absolute Gasteiger partial charge is 0.158 e. The highest BCUT2D eigenvalue weighted by atomic mass is 79.9. The predicted octanol–water partition coefficient (Wildman–Crippen LogP) is 5.36. The van der Waals surface area contributed by atoms with Gasteiger partial charge in [-0.3, -0.25) is 0 Å². The Morgan fingerprint density at radius 3 is 1.85 bits per heavy atom. The van der Waals surface area contributed by atoms with Crippen LogP contribution in [0.2, 0.25) is 0 Å². The van der Waals surface area contributed by atoms with E-state index in [0.717, 1.165) is 18.4 Å². The van der Waals surface area contributed by atoms with E-state index < -0.39 is 0 Å². The lowest BCUT2D eigenvalue weighted by molar-refractivity contribution is -0.836.